The zero-order valence-corrected chi connectivity index (χ0v) is 16.0. The van der Waals surface area contributed by atoms with E-state index >= 15 is 0 Å². The number of para-hydroxylation sites is 1. The summed E-state index contributed by atoms with van der Waals surface area (Å²) in [6, 6.07) is 18.5. The number of aryl methyl sites for hydroxylation is 1. The van der Waals surface area contributed by atoms with Gasteiger partial charge in [-0.2, -0.15) is 0 Å². The molecule has 3 aromatic carbocycles. The van der Waals surface area contributed by atoms with Crippen LogP contribution in [0.15, 0.2) is 80.2 Å². The van der Waals surface area contributed by atoms with Crippen molar-refractivity contribution in [3.63, 3.8) is 0 Å². The first-order valence-electron chi connectivity index (χ1n) is 8.25. The maximum absolute atomic E-state index is 12.7. The van der Waals surface area contributed by atoms with Crippen molar-refractivity contribution in [3.05, 3.63) is 77.4 Å². The lowest BCUT2D eigenvalue weighted by Gasteiger charge is -2.20. The van der Waals surface area contributed by atoms with Gasteiger partial charge in [0.15, 0.2) is 0 Å². The minimum atomic E-state index is -1.11. The molecule has 0 atom stereocenters. The summed E-state index contributed by atoms with van der Waals surface area (Å²) in [7, 11) is 0. The lowest BCUT2D eigenvalue weighted by Crippen LogP contribution is -2.17. The first-order valence-corrected chi connectivity index (χ1v) is 9.88. The van der Waals surface area contributed by atoms with E-state index in [9.17, 15) is 14.7 Å². The van der Waals surface area contributed by atoms with Crippen molar-refractivity contribution < 1.29 is 14.7 Å². The van der Waals surface area contributed by atoms with E-state index in [1.54, 1.807) is 36.0 Å². The van der Waals surface area contributed by atoms with Gasteiger partial charge in [-0.25, -0.2) is 4.79 Å². The molecule has 0 fully saturated rings. The molecule has 2 N–H and O–H groups in total. The Kier molecular flexibility index (Phi) is 4.68. The summed E-state index contributed by atoms with van der Waals surface area (Å²) in [6.07, 6.45) is 0. The highest BCUT2D eigenvalue weighted by atomic mass is 32.2. The highest BCUT2D eigenvalue weighted by Gasteiger charge is 2.24. The van der Waals surface area contributed by atoms with Crippen LogP contribution in [0.4, 0.5) is 5.69 Å². The van der Waals surface area contributed by atoms with Crippen LogP contribution in [0.1, 0.15) is 26.3 Å². The van der Waals surface area contributed by atoms with Gasteiger partial charge in [-0.05, 0) is 48.9 Å². The molecule has 4 nitrogen and oxygen atoms in total. The molecule has 6 heteroatoms. The smallest absolute Gasteiger partial charge is 0.336 e. The molecule has 1 aliphatic rings. The maximum Gasteiger partial charge on any atom is 0.336 e. The van der Waals surface area contributed by atoms with Crippen LogP contribution in [-0.2, 0) is 0 Å². The van der Waals surface area contributed by atoms with E-state index < -0.39 is 11.9 Å². The fourth-order valence-electron chi connectivity index (χ4n) is 2.82. The van der Waals surface area contributed by atoms with E-state index in [-0.39, 0.29) is 11.1 Å². The Labute approximate surface area is 165 Å². The minimum Gasteiger partial charge on any atom is -0.478 e. The molecule has 1 heterocycles. The first-order chi connectivity index (χ1) is 13.0. The Hall–Kier alpha value is -2.70. The number of carbonyl (C=O) groups excluding carboxylic acids is 1. The molecule has 1 amide bonds. The topological polar surface area (TPSA) is 66.4 Å². The molecule has 0 saturated heterocycles. The number of hydrogen-bond acceptors (Lipinski definition) is 4. The fraction of sp³-hybridized carbons (Fsp3) is 0.0476. The Morgan fingerprint density at radius 3 is 2.15 bits per heavy atom. The van der Waals surface area contributed by atoms with Gasteiger partial charge in [-0.1, -0.05) is 47.8 Å². The van der Waals surface area contributed by atoms with Crippen LogP contribution in [0.25, 0.3) is 0 Å². The van der Waals surface area contributed by atoms with Gasteiger partial charge in [0, 0.05) is 25.3 Å². The van der Waals surface area contributed by atoms with Gasteiger partial charge in [0.05, 0.1) is 11.1 Å². The van der Waals surface area contributed by atoms with E-state index in [1.807, 2.05) is 31.2 Å². The summed E-state index contributed by atoms with van der Waals surface area (Å²) in [5.41, 5.74) is 1.95. The minimum absolute atomic E-state index is 0.00591. The zero-order chi connectivity index (χ0) is 19.0. The predicted octanol–water partition coefficient (Wildman–Crippen LogP) is 5.56. The molecular weight excluding hydrogens is 378 g/mol. The first kappa shape index (κ1) is 17.7. The van der Waals surface area contributed by atoms with Gasteiger partial charge in [-0.15, -0.1) is 0 Å². The number of nitrogens with one attached hydrogen (secondary N) is 1. The van der Waals surface area contributed by atoms with Gasteiger partial charge in [-0.3, -0.25) is 4.79 Å². The predicted molar refractivity (Wildman–Crippen MR) is 107 cm³/mol. The lowest BCUT2D eigenvalue weighted by atomic mass is 10.1. The van der Waals surface area contributed by atoms with Gasteiger partial charge in [0.2, 0.25) is 0 Å². The van der Waals surface area contributed by atoms with Crippen molar-refractivity contribution in [2.24, 2.45) is 0 Å². The molecule has 27 heavy (non-hydrogen) atoms. The van der Waals surface area contributed by atoms with E-state index in [2.05, 4.69) is 17.4 Å². The molecule has 0 unspecified atom stereocenters. The number of benzene rings is 3. The highest BCUT2D eigenvalue weighted by molar-refractivity contribution is 8.05. The van der Waals surface area contributed by atoms with Crippen LogP contribution in [0, 0.1) is 6.92 Å². The number of hydrogen-bond donors (Lipinski definition) is 2. The summed E-state index contributed by atoms with van der Waals surface area (Å²) in [4.78, 5) is 28.4. The zero-order valence-electron chi connectivity index (χ0n) is 14.4. The van der Waals surface area contributed by atoms with Crippen LogP contribution in [-0.4, -0.2) is 17.0 Å². The average Bonchev–Trinajstić information content (AvgIpc) is 2.66. The van der Waals surface area contributed by atoms with Crippen LogP contribution >= 0.6 is 23.5 Å². The van der Waals surface area contributed by atoms with E-state index in [1.165, 1.54) is 11.8 Å². The van der Waals surface area contributed by atoms with Gasteiger partial charge >= 0.3 is 5.97 Å². The summed E-state index contributed by atoms with van der Waals surface area (Å²) < 4.78 is 0. The Bertz CT molecular complexity index is 1060. The second kappa shape index (κ2) is 7.13. The van der Waals surface area contributed by atoms with Crippen molar-refractivity contribution >= 4 is 41.1 Å². The molecule has 0 spiro atoms. The quantitative estimate of drug-likeness (QED) is 0.477. The molecule has 3 aromatic rings. The van der Waals surface area contributed by atoms with Crippen molar-refractivity contribution in [1.29, 1.82) is 0 Å². The molecule has 0 bridgehead atoms. The fourth-order valence-corrected chi connectivity index (χ4v) is 5.18. The molecule has 0 saturated carbocycles. The molecular formula is C21H15NO3S2. The molecule has 1 aliphatic heterocycles. The summed E-state index contributed by atoms with van der Waals surface area (Å²) in [5.74, 6) is -1.54. The highest BCUT2D eigenvalue weighted by Crippen LogP contribution is 2.49. The van der Waals surface area contributed by atoms with Crippen molar-refractivity contribution in [1.82, 2.24) is 0 Å². The Morgan fingerprint density at radius 2 is 1.44 bits per heavy atom. The summed E-state index contributed by atoms with van der Waals surface area (Å²) in [5, 5.41) is 12.4. The third-order valence-electron chi connectivity index (χ3n) is 4.13. The third-order valence-corrected chi connectivity index (χ3v) is 6.64. The number of amides is 1. The van der Waals surface area contributed by atoms with Gasteiger partial charge < -0.3 is 10.4 Å². The summed E-state index contributed by atoms with van der Waals surface area (Å²) >= 11 is 3.09. The number of rotatable bonds is 3. The van der Waals surface area contributed by atoms with E-state index in [0.717, 1.165) is 25.1 Å². The Morgan fingerprint density at radius 1 is 0.815 bits per heavy atom. The molecule has 0 radical (unpaired) electrons. The number of anilines is 1. The SMILES string of the molecule is Cc1ccc2c(c1)Sc1cc(C(=O)O)c(C(=O)Nc3ccccc3)cc1S2. The maximum atomic E-state index is 12.7. The number of aromatic carboxylic acids is 1. The molecule has 4 rings (SSSR count). The normalized spacial score (nSPS) is 12.0. The van der Waals surface area contributed by atoms with E-state index in [0.29, 0.717) is 5.69 Å². The number of carboxylic acids is 1. The van der Waals surface area contributed by atoms with Crippen molar-refractivity contribution in [2.75, 3.05) is 5.32 Å². The van der Waals surface area contributed by atoms with Gasteiger partial charge in [0.1, 0.15) is 0 Å². The van der Waals surface area contributed by atoms with Crippen LogP contribution in [0.3, 0.4) is 0 Å². The number of carboxylic acid groups (broad SMARTS) is 1. The van der Waals surface area contributed by atoms with Crippen LogP contribution in [0.5, 0.6) is 0 Å². The van der Waals surface area contributed by atoms with E-state index in [4.69, 9.17) is 0 Å². The Balaban J connectivity index is 1.73. The third kappa shape index (κ3) is 3.59. The molecule has 0 aliphatic carbocycles. The van der Waals surface area contributed by atoms with Crippen LogP contribution in [0.2, 0.25) is 0 Å². The monoisotopic (exact) mass is 393 g/mol. The van der Waals surface area contributed by atoms with Crippen LogP contribution < -0.4 is 5.32 Å². The second-order valence-corrected chi connectivity index (χ2v) is 8.29. The average molecular weight is 393 g/mol. The molecule has 0 aromatic heterocycles. The van der Waals surface area contributed by atoms with Gasteiger partial charge in [0.25, 0.3) is 5.91 Å². The second-order valence-electron chi connectivity index (χ2n) is 6.12. The lowest BCUT2D eigenvalue weighted by molar-refractivity contribution is 0.0692. The standard InChI is InChI=1S/C21H15NO3S2/c1-12-7-8-16-17(9-12)27-19-11-15(21(24)25)14(10-18(19)26-16)20(23)22-13-5-3-2-4-6-13/h2-11H,1H3,(H,22,23)(H,24,25). The van der Waals surface area contributed by atoms with Crippen molar-refractivity contribution in [2.45, 2.75) is 26.5 Å². The van der Waals surface area contributed by atoms with Crippen molar-refractivity contribution in [3.8, 4) is 0 Å². The molecule has 134 valence electrons. The number of carbonyl (C=O) groups is 2. The number of fused-ring (bicyclic) bond motifs is 2. The largest absolute Gasteiger partial charge is 0.478 e. The summed E-state index contributed by atoms with van der Waals surface area (Å²) in [6.45, 7) is 2.03.